The van der Waals surface area contributed by atoms with Crippen molar-refractivity contribution in [3.05, 3.63) is 46.0 Å². The highest BCUT2D eigenvalue weighted by molar-refractivity contribution is 5.94. The van der Waals surface area contributed by atoms with Crippen LogP contribution in [0.3, 0.4) is 0 Å². The minimum atomic E-state index is -0.656. The van der Waals surface area contributed by atoms with Gasteiger partial charge in [-0.3, -0.25) is 20.0 Å². The van der Waals surface area contributed by atoms with E-state index in [9.17, 15) is 9.59 Å². The zero-order chi connectivity index (χ0) is 13.8. The van der Waals surface area contributed by atoms with E-state index >= 15 is 0 Å². The van der Waals surface area contributed by atoms with E-state index in [0.717, 1.165) is 17.5 Å². The number of aryl methyl sites for hydroxylation is 1. The topological polar surface area (TPSA) is 114 Å². The van der Waals surface area contributed by atoms with Crippen molar-refractivity contribution in [2.24, 2.45) is 5.84 Å². The molecule has 0 aliphatic rings. The molecule has 2 aromatic heterocycles. The molecule has 0 bridgehead atoms. The first-order valence-corrected chi connectivity index (χ1v) is 5.71. The fourth-order valence-electron chi connectivity index (χ4n) is 1.75. The largest absolute Gasteiger partial charge is 0.290 e. The standard InChI is InChI=1S/C12H13N5O2/c1-2-7-6-14-4-3-8(7)10-5-9(11(18)15-13)12(19)17-16-10/h3-6H,2,13H2,1H3,(H,15,18)(H,17,19). The van der Waals surface area contributed by atoms with Crippen LogP contribution in [0.25, 0.3) is 11.3 Å². The monoisotopic (exact) mass is 259 g/mol. The lowest BCUT2D eigenvalue weighted by atomic mass is 10.0. The molecule has 0 unspecified atom stereocenters. The molecule has 0 atom stereocenters. The molecule has 0 aliphatic heterocycles. The zero-order valence-corrected chi connectivity index (χ0v) is 10.3. The Bertz CT molecular complexity index is 665. The lowest BCUT2D eigenvalue weighted by molar-refractivity contribution is 0.0952. The first-order valence-electron chi connectivity index (χ1n) is 5.71. The van der Waals surface area contributed by atoms with Crippen LogP contribution >= 0.6 is 0 Å². The predicted molar refractivity (Wildman–Crippen MR) is 69.1 cm³/mol. The van der Waals surface area contributed by atoms with E-state index in [2.05, 4.69) is 15.2 Å². The number of hydrazine groups is 1. The van der Waals surface area contributed by atoms with Gasteiger partial charge in [0.15, 0.2) is 0 Å². The molecule has 19 heavy (non-hydrogen) atoms. The summed E-state index contributed by atoms with van der Waals surface area (Å²) in [6.45, 7) is 1.99. The van der Waals surface area contributed by atoms with Crippen LogP contribution < -0.4 is 16.8 Å². The number of carbonyl (C=O) groups excluding carboxylic acids is 1. The fraction of sp³-hybridized carbons (Fsp3) is 0.167. The fourth-order valence-corrected chi connectivity index (χ4v) is 1.75. The highest BCUT2D eigenvalue weighted by Crippen LogP contribution is 2.20. The third kappa shape index (κ3) is 2.50. The quantitative estimate of drug-likeness (QED) is 0.408. The average molecular weight is 259 g/mol. The zero-order valence-electron chi connectivity index (χ0n) is 10.3. The summed E-state index contributed by atoms with van der Waals surface area (Å²) in [4.78, 5) is 27.0. The van der Waals surface area contributed by atoms with Gasteiger partial charge in [-0.15, -0.1) is 0 Å². The molecule has 0 saturated heterocycles. The lowest BCUT2D eigenvalue weighted by Gasteiger charge is -2.07. The van der Waals surface area contributed by atoms with E-state index < -0.39 is 11.5 Å². The number of nitrogens with zero attached hydrogens (tertiary/aromatic N) is 2. The van der Waals surface area contributed by atoms with Crippen LogP contribution in [0.4, 0.5) is 0 Å². The number of amides is 1. The van der Waals surface area contributed by atoms with E-state index in [-0.39, 0.29) is 5.56 Å². The molecule has 7 heteroatoms. The Hall–Kier alpha value is -2.54. The predicted octanol–water partition coefficient (Wildman–Crippen LogP) is -0.00220. The van der Waals surface area contributed by atoms with E-state index in [4.69, 9.17) is 5.84 Å². The second-order valence-electron chi connectivity index (χ2n) is 3.86. The molecule has 0 saturated carbocycles. The van der Waals surface area contributed by atoms with Gasteiger partial charge in [-0.2, -0.15) is 5.10 Å². The molecule has 7 nitrogen and oxygen atoms in total. The van der Waals surface area contributed by atoms with Gasteiger partial charge in [0, 0.05) is 18.0 Å². The molecule has 2 heterocycles. The van der Waals surface area contributed by atoms with Gasteiger partial charge >= 0.3 is 0 Å². The van der Waals surface area contributed by atoms with Crippen LogP contribution in [0.15, 0.2) is 29.3 Å². The van der Waals surface area contributed by atoms with Gasteiger partial charge in [0.05, 0.1) is 5.69 Å². The second-order valence-corrected chi connectivity index (χ2v) is 3.86. The molecule has 0 fully saturated rings. The summed E-state index contributed by atoms with van der Waals surface area (Å²) in [7, 11) is 0. The highest BCUT2D eigenvalue weighted by atomic mass is 16.2. The first-order chi connectivity index (χ1) is 9.17. The summed E-state index contributed by atoms with van der Waals surface area (Å²) in [6, 6.07) is 3.19. The molecule has 98 valence electrons. The van der Waals surface area contributed by atoms with Crippen LogP contribution in [0.5, 0.6) is 0 Å². The number of hydrogen-bond donors (Lipinski definition) is 3. The Morgan fingerprint density at radius 2 is 2.32 bits per heavy atom. The van der Waals surface area contributed by atoms with Crippen molar-refractivity contribution >= 4 is 5.91 Å². The molecule has 0 aliphatic carbocycles. The molecular formula is C12H13N5O2. The number of nitrogens with two attached hydrogens (primary N) is 1. The van der Waals surface area contributed by atoms with Gasteiger partial charge in [-0.05, 0) is 24.1 Å². The van der Waals surface area contributed by atoms with Crippen molar-refractivity contribution < 1.29 is 4.79 Å². The van der Waals surface area contributed by atoms with Crippen molar-refractivity contribution in [1.29, 1.82) is 0 Å². The van der Waals surface area contributed by atoms with Crippen LogP contribution in [0.1, 0.15) is 22.8 Å². The maximum absolute atomic E-state index is 11.5. The van der Waals surface area contributed by atoms with E-state index in [1.165, 1.54) is 6.07 Å². The molecule has 0 aromatic carbocycles. The summed E-state index contributed by atoms with van der Waals surface area (Å²) in [6.07, 6.45) is 4.12. The molecule has 2 aromatic rings. The summed E-state index contributed by atoms with van der Waals surface area (Å²) in [5.41, 5.74) is 3.56. The maximum Gasteiger partial charge on any atom is 0.277 e. The lowest BCUT2D eigenvalue weighted by Crippen LogP contribution is -2.34. The number of aromatic nitrogens is 3. The van der Waals surface area contributed by atoms with Crippen molar-refractivity contribution in [3.63, 3.8) is 0 Å². The second kappa shape index (κ2) is 5.40. The number of pyridine rings is 1. The average Bonchev–Trinajstić information content (AvgIpc) is 2.47. The highest BCUT2D eigenvalue weighted by Gasteiger charge is 2.13. The molecule has 0 radical (unpaired) electrons. The number of hydrogen-bond acceptors (Lipinski definition) is 5. The third-order valence-electron chi connectivity index (χ3n) is 2.74. The van der Waals surface area contributed by atoms with E-state index in [1.807, 2.05) is 12.3 Å². The van der Waals surface area contributed by atoms with Gasteiger partial charge in [0.1, 0.15) is 5.56 Å². The molecular weight excluding hydrogens is 246 g/mol. The van der Waals surface area contributed by atoms with Crippen LogP contribution in [-0.2, 0) is 6.42 Å². The Morgan fingerprint density at radius 3 is 3.00 bits per heavy atom. The van der Waals surface area contributed by atoms with Crippen molar-refractivity contribution in [2.45, 2.75) is 13.3 Å². The number of carbonyl (C=O) groups is 1. The molecule has 1 amide bonds. The minimum absolute atomic E-state index is 0.0774. The van der Waals surface area contributed by atoms with E-state index in [0.29, 0.717) is 5.69 Å². The number of rotatable bonds is 3. The Balaban J connectivity index is 2.58. The third-order valence-corrected chi connectivity index (χ3v) is 2.74. The van der Waals surface area contributed by atoms with Gasteiger partial charge < -0.3 is 0 Å². The Morgan fingerprint density at radius 1 is 1.53 bits per heavy atom. The molecule has 2 rings (SSSR count). The Kier molecular flexibility index (Phi) is 3.67. The number of nitrogens with one attached hydrogen (secondary N) is 2. The van der Waals surface area contributed by atoms with Crippen molar-refractivity contribution in [2.75, 3.05) is 0 Å². The van der Waals surface area contributed by atoms with E-state index in [1.54, 1.807) is 18.5 Å². The number of H-pyrrole nitrogens is 1. The van der Waals surface area contributed by atoms with Crippen LogP contribution in [-0.4, -0.2) is 21.1 Å². The van der Waals surface area contributed by atoms with Crippen LogP contribution in [0.2, 0.25) is 0 Å². The number of aromatic amines is 1. The van der Waals surface area contributed by atoms with Gasteiger partial charge in [-0.25, -0.2) is 10.9 Å². The number of nitrogen functional groups attached to an aromatic ring is 1. The maximum atomic E-state index is 11.5. The smallest absolute Gasteiger partial charge is 0.277 e. The summed E-state index contributed by atoms with van der Waals surface area (Å²) >= 11 is 0. The summed E-state index contributed by atoms with van der Waals surface area (Å²) in [5.74, 6) is 4.38. The molecule has 4 N–H and O–H groups in total. The first kappa shape index (κ1) is 12.9. The Labute approximate surface area is 108 Å². The van der Waals surface area contributed by atoms with Gasteiger partial charge in [0.25, 0.3) is 11.5 Å². The SMILES string of the molecule is CCc1cnccc1-c1cc(C(=O)NN)c(=O)[nH]n1. The van der Waals surface area contributed by atoms with Crippen molar-refractivity contribution in [1.82, 2.24) is 20.6 Å². The van der Waals surface area contributed by atoms with Crippen molar-refractivity contribution in [3.8, 4) is 11.3 Å². The summed E-state index contributed by atoms with van der Waals surface area (Å²) in [5, 5.41) is 6.24. The van der Waals surface area contributed by atoms with Crippen LogP contribution in [0, 0.1) is 0 Å². The molecule has 0 spiro atoms. The summed E-state index contributed by atoms with van der Waals surface area (Å²) < 4.78 is 0. The normalized spacial score (nSPS) is 10.2. The minimum Gasteiger partial charge on any atom is -0.290 e. The van der Waals surface area contributed by atoms with Gasteiger partial charge in [0.2, 0.25) is 0 Å². The van der Waals surface area contributed by atoms with Gasteiger partial charge in [-0.1, -0.05) is 6.92 Å².